The van der Waals surface area contributed by atoms with Crippen LogP contribution in [-0.2, 0) is 6.42 Å². The molecule has 0 radical (unpaired) electrons. The monoisotopic (exact) mass is 258 g/mol. The molecule has 0 spiro atoms. The van der Waals surface area contributed by atoms with Crippen LogP contribution in [0.5, 0.6) is 11.5 Å². The summed E-state index contributed by atoms with van der Waals surface area (Å²) in [5.74, 6) is 1.44. The van der Waals surface area contributed by atoms with E-state index in [4.69, 9.17) is 15.2 Å². The second kappa shape index (κ2) is 6.64. The number of nitrogens with zero attached hydrogens (tertiary/aromatic N) is 1. The van der Waals surface area contributed by atoms with Crippen molar-refractivity contribution in [1.29, 1.82) is 0 Å². The third-order valence-electron chi connectivity index (χ3n) is 2.83. The molecular weight excluding hydrogens is 240 g/mol. The lowest BCUT2D eigenvalue weighted by molar-refractivity contribution is 0.312. The number of hydrogen-bond acceptors (Lipinski definition) is 4. The highest BCUT2D eigenvalue weighted by Crippen LogP contribution is 2.26. The second-order valence-corrected chi connectivity index (χ2v) is 4.21. The largest absolute Gasteiger partial charge is 0.497 e. The van der Waals surface area contributed by atoms with Gasteiger partial charge in [-0.15, -0.1) is 0 Å². The summed E-state index contributed by atoms with van der Waals surface area (Å²) in [5, 5.41) is 0. The Bertz CT molecular complexity index is 515. The molecule has 0 saturated heterocycles. The molecule has 0 saturated carbocycles. The van der Waals surface area contributed by atoms with Crippen LogP contribution in [0, 0.1) is 0 Å². The molecule has 1 aromatic carbocycles. The molecule has 2 N–H and O–H groups in total. The average Bonchev–Trinajstić information content (AvgIpc) is 2.46. The lowest BCUT2D eigenvalue weighted by atomic mass is 10.1. The zero-order valence-corrected chi connectivity index (χ0v) is 11.0. The Hall–Kier alpha value is -2.23. The Labute approximate surface area is 113 Å². The maximum Gasteiger partial charge on any atom is 0.142 e. The van der Waals surface area contributed by atoms with Gasteiger partial charge in [-0.2, -0.15) is 0 Å². The molecule has 1 aromatic heterocycles. The van der Waals surface area contributed by atoms with Crippen molar-refractivity contribution in [2.45, 2.75) is 12.8 Å². The van der Waals surface area contributed by atoms with Gasteiger partial charge in [0.2, 0.25) is 0 Å². The van der Waals surface area contributed by atoms with Crippen molar-refractivity contribution < 1.29 is 9.47 Å². The Morgan fingerprint density at radius 2 is 1.95 bits per heavy atom. The molecule has 19 heavy (non-hydrogen) atoms. The minimum Gasteiger partial charge on any atom is -0.497 e. The van der Waals surface area contributed by atoms with Gasteiger partial charge in [-0.1, -0.05) is 0 Å². The molecule has 0 atom stereocenters. The molecule has 4 heteroatoms. The van der Waals surface area contributed by atoms with Gasteiger partial charge >= 0.3 is 0 Å². The normalized spacial score (nSPS) is 10.2. The van der Waals surface area contributed by atoms with Crippen molar-refractivity contribution in [3.63, 3.8) is 0 Å². The number of hydrogen-bond donors (Lipinski definition) is 1. The molecule has 2 aromatic rings. The molecule has 0 aliphatic rings. The second-order valence-electron chi connectivity index (χ2n) is 4.21. The standard InChI is InChI=1S/C15H18N2O2/c1-18-13-4-5-15(14(16)11-13)19-10-2-3-12-6-8-17-9-7-12/h4-9,11H,2-3,10,16H2,1H3. The minimum absolute atomic E-state index is 0.600. The van der Waals surface area contributed by atoms with Gasteiger partial charge in [0.1, 0.15) is 11.5 Å². The van der Waals surface area contributed by atoms with E-state index in [0.717, 1.165) is 18.6 Å². The van der Waals surface area contributed by atoms with Crippen LogP contribution in [0.3, 0.4) is 0 Å². The van der Waals surface area contributed by atoms with E-state index in [-0.39, 0.29) is 0 Å². The smallest absolute Gasteiger partial charge is 0.142 e. The quantitative estimate of drug-likeness (QED) is 0.639. The molecule has 0 aliphatic carbocycles. The average molecular weight is 258 g/mol. The highest BCUT2D eigenvalue weighted by Gasteiger charge is 2.02. The number of methoxy groups -OCH3 is 1. The summed E-state index contributed by atoms with van der Waals surface area (Å²) >= 11 is 0. The van der Waals surface area contributed by atoms with Crippen LogP contribution in [0.4, 0.5) is 5.69 Å². The summed E-state index contributed by atoms with van der Waals surface area (Å²) in [4.78, 5) is 3.99. The molecule has 0 bridgehead atoms. The fourth-order valence-corrected chi connectivity index (χ4v) is 1.79. The predicted octanol–water partition coefficient (Wildman–Crippen LogP) is 2.68. The molecule has 4 nitrogen and oxygen atoms in total. The van der Waals surface area contributed by atoms with Gasteiger partial charge in [-0.05, 0) is 42.7 Å². The minimum atomic E-state index is 0.600. The van der Waals surface area contributed by atoms with Crippen molar-refractivity contribution in [2.24, 2.45) is 0 Å². The number of rotatable bonds is 6. The third-order valence-corrected chi connectivity index (χ3v) is 2.83. The molecule has 100 valence electrons. The fourth-order valence-electron chi connectivity index (χ4n) is 1.79. The van der Waals surface area contributed by atoms with E-state index < -0.39 is 0 Å². The van der Waals surface area contributed by atoms with Crippen LogP contribution in [-0.4, -0.2) is 18.7 Å². The van der Waals surface area contributed by atoms with Crippen molar-refractivity contribution >= 4 is 5.69 Å². The van der Waals surface area contributed by atoms with Crippen molar-refractivity contribution in [3.8, 4) is 11.5 Å². The molecule has 1 heterocycles. The summed E-state index contributed by atoms with van der Waals surface area (Å²) in [7, 11) is 1.62. The summed E-state index contributed by atoms with van der Waals surface area (Å²) in [5.41, 5.74) is 7.74. The fraction of sp³-hybridized carbons (Fsp3) is 0.267. The van der Waals surface area contributed by atoms with Crippen LogP contribution >= 0.6 is 0 Å². The van der Waals surface area contributed by atoms with Gasteiger partial charge in [0.05, 0.1) is 19.4 Å². The van der Waals surface area contributed by atoms with E-state index in [2.05, 4.69) is 4.98 Å². The lowest BCUT2D eigenvalue weighted by Crippen LogP contribution is -2.02. The summed E-state index contributed by atoms with van der Waals surface area (Å²) in [6.45, 7) is 0.638. The number of aryl methyl sites for hydroxylation is 1. The molecule has 0 aliphatic heterocycles. The lowest BCUT2D eigenvalue weighted by Gasteiger charge is -2.10. The Morgan fingerprint density at radius 3 is 2.63 bits per heavy atom. The number of anilines is 1. The van der Waals surface area contributed by atoms with Crippen LogP contribution in [0.15, 0.2) is 42.7 Å². The maximum atomic E-state index is 5.88. The summed E-state index contributed by atoms with van der Waals surface area (Å²) in [6.07, 6.45) is 5.52. The van der Waals surface area contributed by atoms with Gasteiger partial charge in [0, 0.05) is 18.5 Å². The Balaban J connectivity index is 1.80. The third kappa shape index (κ3) is 3.88. The molecule has 0 fully saturated rings. The highest BCUT2D eigenvalue weighted by molar-refractivity contribution is 5.56. The van der Waals surface area contributed by atoms with Gasteiger partial charge in [-0.3, -0.25) is 4.98 Å². The number of pyridine rings is 1. The topological polar surface area (TPSA) is 57.4 Å². The van der Waals surface area contributed by atoms with E-state index >= 15 is 0 Å². The molecule has 0 unspecified atom stereocenters. The van der Waals surface area contributed by atoms with E-state index in [1.165, 1.54) is 5.56 Å². The van der Waals surface area contributed by atoms with Crippen LogP contribution in [0.2, 0.25) is 0 Å². The Kier molecular flexibility index (Phi) is 4.61. The van der Waals surface area contributed by atoms with Gasteiger partial charge in [0.25, 0.3) is 0 Å². The number of aromatic nitrogens is 1. The van der Waals surface area contributed by atoms with E-state index in [1.54, 1.807) is 25.6 Å². The van der Waals surface area contributed by atoms with Gasteiger partial charge in [-0.25, -0.2) is 0 Å². The van der Waals surface area contributed by atoms with Crippen LogP contribution in [0.25, 0.3) is 0 Å². The van der Waals surface area contributed by atoms with Gasteiger partial charge < -0.3 is 15.2 Å². The van der Waals surface area contributed by atoms with Crippen molar-refractivity contribution in [3.05, 3.63) is 48.3 Å². The summed E-state index contributed by atoms with van der Waals surface area (Å²) in [6, 6.07) is 9.47. The first-order valence-electron chi connectivity index (χ1n) is 6.25. The first-order valence-corrected chi connectivity index (χ1v) is 6.25. The van der Waals surface area contributed by atoms with Crippen LogP contribution in [0.1, 0.15) is 12.0 Å². The van der Waals surface area contributed by atoms with Crippen molar-refractivity contribution in [1.82, 2.24) is 4.98 Å². The van der Waals surface area contributed by atoms with Crippen LogP contribution < -0.4 is 15.2 Å². The number of benzene rings is 1. The zero-order chi connectivity index (χ0) is 13.5. The molecule has 0 amide bonds. The summed E-state index contributed by atoms with van der Waals surface area (Å²) < 4.78 is 10.8. The van der Waals surface area contributed by atoms with Gasteiger partial charge in [0.15, 0.2) is 0 Å². The maximum absolute atomic E-state index is 5.88. The number of nitrogens with two attached hydrogens (primary N) is 1. The molecule has 2 rings (SSSR count). The van der Waals surface area contributed by atoms with Crippen molar-refractivity contribution in [2.75, 3.05) is 19.5 Å². The van der Waals surface area contributed by atoms with E-state index in [0.29, 0.717) is 18.0 Å². The first kappa shape index (κ1) is 13.2. The van der Waals surface area contributed by atoms with E-state index in [9.17, 15) is 0 Å². The number of ether oxygens (including phenoxy) is 2. The highest BCUT2D eigenvalue weighted by atomic mass is 16.5. The SMILES string of the molecule is COc1ccc(OCCCc2ccncc2)c(N)c1. The predicted molar refractivity (Wildman–Crippen MR) is 75.5 cm³/mol. The Morgan fingerprint density at radius 1 is 1.16 bits per heavy atom. The number of nitrogen functional groups attached to an aromatic ring is 1. The zero-order valence-electron chi connectivity index (χ0n) is 11.0. The molecular formula is C15H18N2O2. The first-order chi connectivity index (χ1) is 9.29. The van der Waals surface area contributed by atoms with E-state index in [1.807, 2.05) is 24.3 Å².